The molecule has 0 aliphatic rings. The van der Waals surface area contributed by atoms with E-state index in [1.807, 2.05) is 12.1 Å². The Morgan fingerprint density at radius 2 is 1.69 bits per heavy atom. The first-order chi connectivity index (χ1) is 12.4. The fraction of sp³-hybridized carbons (Fsp3) is 0. The van der Waals surface area contributed by atoms with Crippen LogP contribution in [0.1, 0.15) is 0 Å². The molecule has 0 aliphatic carbocycles. The summed E-state index contributed by atoms with van der Waals surface area (Å²) in [4.78, 5) is 3.06. The maximum Gasteiger partial charge on any atom is 0.261 e. The predicted octanol–water partition coefficient (Wildman–Crippen LogP) is 6.08. The Balaban J connectivity index is 1.81. The Morgan fingerprint density at radius 1 is 0.885 bits per heavy atom. The normalized spacial score (nSPS) is 12.0. The summed E-state index contributed by atoms with van der Waals surface area (Å²) in [5, 5.41) is 3.44. The van der Waals surface area contributed by atoms with Crippen LogP contribution in [0.3, 0.4) is 0 Å². The highest BCUT2D eigenvalue weighted by Crippen LogP contribution is 2.35. The first-order valence-corrected chi connectivity index (χ1v) is 10.1. The van der Waals surface area contributed by atoms with E-state index in [-0.39, 0.29) is 4.90 Å². The lowest BCUT2D eigenvalue weighted by atomic mass is 10.1. The van der Waals surface area contributed by atoms with Gasteiger partial charge in [0.05, 0.1) is 26.1 Å². The van der Waals surface area contributed by atoms with Gasteiger partial charge in [0.25, 0.3) is 10.0 Å². The van der Waals surface area contributed by atoms with Gasteiger partial charge in [-0.15, -0.1) is 0 Å². The number of hydrogen-bond acceptors (Lipinski definition) is 2. The molecule has 26 heavy (non-hydrogen) atoms. The molecule has 4 rings (SSSR count). The van der Waals surface area contributed by atoms with Crippen molar-refractivity contribution in [3.8, 4) is 0 Å². The van der Waals surface area contributed by atoms with Gasteiger partial charge in [-0.1, -0.05) is 53.0 Å². The number of aromatic amines is 1. The number of sulfonamides is 1. The van der Waals surface area contributed by atoms with Gasteiger partial charge in [0.2, 0.25) is 0 Å². The van der Waals surface area contributed by atoms with Crippen molar-refractivity contribution in [3.05, 3.63) is 69.8 Å². The molecule has 0 saturated carbocycles. The van der Waals surface area contributed by atoms with Gasteiger partial charge in [0.15, 0.2) is 0 Å². The molecule has 132 valence electrons. The van der Waals surface area contributed by atoms with Crippen LogP contribution in [0.2, 0.25) is 15.1 Å². The summed E-state index contributed by atoms with van der Waals surface area (Å²) in [6.07, 6.45) is 1.56. The number of benzene rings is 3. The molecule has 2 N–H and O–H groups in total. The maximum atomic E-state index is 12.9. The Morgan fingerprint density at radius 3 is 2.50 bits per heavy atom. The van der Waals surface area contributed by atoms with Crippen LogP contribution >= 0.6 is 34.8 Å². The fourth-order valence-corrected chi connectivity index (χ4v) is 4.73. The van der Waals surface area contributed by atoms with Crippen molar-refractivity contribution >= 4 is 72.2 Å². The summed E-state index contributed by atoms with van der Waals surface area (Å²) in [6.45, 7) is 0. The number of aromatic nitrogens is 1. The van der Waals surface area contributed by atoms with Crippen LogP contribution in [-0.4, -0.2) is 13.4 Å². The molecule has 0 bridgehead atoms. The van der Waals surface area contributed by atoms with Gasteiger partial charge >= 0.3 is 0 Å². The minimum Gasteiger partial charge on any atom is -0.358 e. The Hall–Kier alpha value is -1.92. The van der Waals surface area contributed by atoms with Crippen molar-refractivity contribution in [2.24, 2.45) is 0 Å². The van der Waals surface area contributed by atoms with E-state index in [2.05, 4.69) is 9.71 Å². The highest BCUT2D eigenvalue weighted by molar-refractivity contribution is 7.92. The SMILES string of the molecule is O=S(=O)(Nc1ccc(Cl)c2c(Cl)c[nH]c12)c1ccc2cccc(Cl)c2c1. The maximum absolute atomic E-state index is 12.9. The van der Waals surface area contributed by atoms with Gasteiger partial charge in [-0.2, -0.15) is 0 Å². The number of H-pyrrole nitrogens is 1. The van der Waals surface area contributed by atoms with Crippen LogP contribution in [0, 0.1) is 0 Å². The summed E-state index contributed by atoms with van der Waals surface area (Å²) in [5.41, 5.74) is 0.875. The van der Waals surface area contributed by atoms with E-state index in [4.69, 9.17) is 34.8 Å². The van der Waals surface area contributed by atoms with Gasteiger partial charge < -0.3 is 4.98 Å². The molecule has 8 heteroatoms. The number of hydrogen-bond donors (Lipinski definition) is 2. The van der Waals surface area contributed by atoms with Gasteiger partial charge in [-0.05, 0) is 35.7 Å². The molecule has 0 spiro atoms. The van der Waals surface area contributed by atoms with Crippen molar-refractivity contribution in [2.45, 2.75) is 4.90 Å². The highest BCUT2D eigenvalue weighted by atomic mass is 35.5. The second-order valence-corrected chi connectivity index (χ2v) is 8.61. The van der Waals surface area contributed by atoms with E-state index in [9.17, 15) is 8.42 Å². The van der Waals surface area contributed by atoms with E-state index >= 15 is 0 Å². The third kappa shape index (κ3) is 2.91. The average Bonchev–Trinajstić information content (AvgIpc) is 3.00. The molecule has 0 radical (unpaired) electrons. The fourth-order valence-electron chi connectivity index (χ4n) is 2.84. The predicted molar refractivity (Wildman–Crippen MR) is 108 cm³/mol. The monoisotopic (exact) mass is 424 g/mol. The molecular formula is C18H11Cl3N2O2S. The van der Waals surface area contributed by atoms with Crippen LogP contribution in [0.5, 0.6) is 0 Å². The van der Waals surface area contributed by atoms with Crippen molar-refractivity contribution in [2.75, 3.05) is 4.72 Å². The van der Waals surface area contributed by atoms with Crippen LogP contribution < -0.4 is 4.72 Å². The van der Waals surface area contributed by atoms with Crippen LogP contribution in [0.25, 0.3) is 21.7 Å². The second kappa shape index (κ2) is 6.35. The standard InChI is InChI=1S/C18H11Cl3N2O2S/c19-13-3-1-2-10-4-5-11(8-12(10)13)26(24,25)23-16-7-6-14(20)17-15(21)9-22-18(16)17/h1-9,22-23H. The largest absolute Gasteiger partial charge is 0.358 e. The quantitative estimate of drug-likeness (QED) is 0.418. The third-order valence-electron chi connectivity index (χ3n) is 4.09. The van der Waals surface area contributed by atoms with E-state index in [1.165, 1.54) is 6.07 Å². The Labute approximate surface area is 164 Å². The first-order valence-electron chi connectivity index (χ1n) is 7.53. The molecule has 0 unspecified atom stereocenters. The lowest BCUT2D eigenvalue weighted by Gasteiger charge is -2.11. The molecule has 0 fully saturated rings. The van der Waals surface area contributed by atoms with E-state index < -0.39 is 10.0 Å². The summed E-state index contributed by atoms with van der Waals surface area (Å²) < 4.78 is 28.3. The van der Waals surface area contributed by atoms with E-state index in [0.29, 0.717) is 37.0 Å². The smallest absolute Gasteiger partial charge is 0.261 e. The zero-order valence-corrected chi connectivity index (χ0v) is 16.1. The third-order valence-corrected chi connectivity index (χ3v) is 6.40. The van der Waals surface area contributed by atoms with Crippen molar-refractivity contribution in [1.29, 1.82) is 0 Å². The van der Waals surface area contributed by atoms with E-state index in [1.54, 1.807) is 36.5 Å². The van der Waals surface area contributed by atoms with Crippen molar-refractivity contribution < 1.29 is 8.42 Å². The topological polar surface area (TPSA) is 62.0 Å². The molecule has 0 atom stereocenters. The number of fused-ring (bicyclic) bond motifs is 2. The van der Waals surface area contributed by atoms with Gasteiger partial charge in [-0.3, -0.25) is 4.72 Å². The number of rotatable bonds is 3. The molecular weight excluding hydrogens is 415 g/mol. The molecule has 0 saturated heterocycles. The molecule has 0 amide bonds. The van der Waals surface area contributed by atoms with Crippen LogP contribution in [0.15, 0.2) is 59.6 Å². The zero-order valence-electron chi connectivity index (χ0n) is 13.1. The summed E-state index contributed by atoms with van der Waals surface area (Å²) in [6, 6.07) is 13.4. The van der Waals surface area contributed by atoms with Crippen LogP contribution in [0.4, 0.5) is 5.69 Å². The average molecular weight is 426 g/mol. The minimum absolute atomic E-state index is 0.110. The number of halogens is 3. The Bertz CT molecular complexity index is 1270. The molecule has 1 heterocycles. The molecule has 0 aliphatic heterocycles. The lowest BCUT2D eigenvalue weighted by molar-refractivity contribution is 0.601. The minimum atomic E-state index is -3.83. The summed E-state index contributed by atoms with van der Waals surface area (Å²) >= 11 is 18.5. The molecule has 3 aromatic carbocycles. The number of anilines is 1. The van der Waals surface area contributed by atoms with Gasteiger partial charge in [-0.25, -0.2) is 8.42 Å². The Kier molecular flexibility index (Phi) is 4.28. The molecule has 1 aromatic heterocycles. The van der Waals surface area contributed by atoms with Gasteiger partial charge in [0.1, 0.15) is 0 Å². The number of nitrogens with one attached hydrogen (secondary N) is 2. The van der Waals surface area contributed by atoms with Crippen molar-refractivity contribution in [3.63, 3.8) is 0 Å². The summed E-state index contributed by atoms with van der Waals surface area (Å²) in [5.74, 6) is 0. The van der Waals surface area contributed by atoms with Crippen molar-refractivity contribution in [1.82, 2.24) is 4.98 Å². The van der Waals surface area contributed by atoms with Crippen LogP contribution in [-0.2, 0) is 10.0 Å². The molecule has 4 aromatic rings. The molecule has 4 nitrogen and oxygen atoms in total. The zero-order chi connectivity index (χ0) is 18.5. The second-order valence-electron chi connectivity index (χ2n) is 5.71. The summed E-state index contributed by atoms with van der Waals surface area (Å²) in [7, 11) is -3.83. The first kappa shape index (κ1) is 17.5. The van der Waals surface area contributed by atoms with E-state index in [0.717, 1.165) is 5.39 Å². The lowest BCUT2D eigenvalue weighted by Crippen LogP contribution is -2.13. The van der Waals surface area contributed by atoms with Gasteiger partial charge in [0, 0.05) is 22.0 Å². The highest BCUT2D eigenvalue weighted by Gasteiger charge is 2.18.